The van der Waals surface area contributed by atoms with Gasteiger partial charge in [-0.05, 0) is 31.5 Å². The Bertz CT molecular complexity index is 293. The Morgan fingerprint density at radius 3 is 1.86 bits per heavy atom. The van der Waals surface area contributed by atoms with Crippen LogP contribution in [0.3, 0.4) is 0 Å². The van der Waals surface area contributed by atoms with Crippen LogP contribution in [-0.4, -0.2) is 19.3 Å². The van der Waals surface area contributed by atoms with Crippen LogP contribution in [0.15, 0.2) is 12.1 Å². The number of hydrogen-bond donors (Lipinski definition) is 1. The molecule has 78 valence electrons. The van der Waals surface area contributed by atoms with Crippen LogP contribution in [0.4, 0.5) is 0 Å². The number of rotatable bonds is 3. The van der Waals surface area contributed by atoms with Crippen LogP contribution in [0, 0.1) is 6.92 Å². The summed E-state index contributed by atoms with van der Waals surface area (Å²) in [4.78, 5) is 0. The van der Waals surface area contributed by atoms with Gasteiger partial charge < -0.3 is 14.6 Å². The average molecular weight is 196 g/mol. The summed E-state index contributed by atoms with van der Waals surface area (Å²) in [6.45, 7) is 3.65. The molecule has 0 saturated carbocycles. The molecule has 0 heterocycles. The van der Waals surface area contributed by atoms with Crippen molar-refractivity contribution < 1.29 is 14.6 Å². The predicted molar refractivity (Wildman–Crippen MR) is 54.9 cm³/mol. The highest BCUT2D eigenvalue weighted by Gasteiger charge is 2.15. The van der Waals surface area contributed by atoms with E-state index in [0.29, 0.717) is 17.1 Å². The van der Waals surface area contributed by atoms with E-state index in [9.17, 15) is 5.11 Å². The van der Waals surface area contributed by atoms with Crippen molar-refractivity contribution in [2.24, 2.45) is 0 Å². The average Bonchev–Trinajstić information content (AvgIpc) is 2.15. The smallest absolute Gasteiger partial charge is 0.128 e. The zero-order valence-corrected chi connectivity index (χ0v) is 9.00. The van der Waals surface area contributed by atoms with Crippen molar-refractivity contribution in [1.29, 1.82) is 0 Å². The number of benzene rings is 1. The summed E-state index contributed by atoms with van der Waals surface area (Å²) in [5, 5.41) is 9.58. The molecule has 0 aliphatic heterocycles. The Morgan fingerprint density at radius 1 is 1.14 bits per heavy atom. The predicted octanol–water partition coefficient (Wildman–Crippen LogP) is 2.07. The number of methoxy groups -OCH3 is 2. The quantitative estimate of drug-likeness (QED) is 0.804. The van der Waals surface area contributed by atoms with Crippen LogP contribution in [0.2, 0.25) is 0 Å². The first-order chi connectivity index (χ1) is 6.60. The molecule has 1 atom stereocenters. The monoisotopic (exact) mass is 196 g/mol. The van der Waals surface area contributed by atoms with Gasteiger partial charge >= 0.3 is 0 Å². The van der Waals surface area contributed by atoms with Crippen LogP contribution < -0.4 is 9.47 Å². The highest BCUT2D eigenvalue weighted by atomic mass is 16.5. The van der Waals surface area contributed by atoms with Gasteiger partial charge in [0.2, 0.25) is 0 Å². The van der Waals surface area contributed by atoms with Crippen molar-refractivity contribution in [3.63, 3.8) is 0 Å². The third-order valence-corrected chi connectivity index (χ3v) is 2.11. The lowest BCUT2D eigenvalue weighted by atomic mass is 10.1. The van der Waals surface area contributed by atoms with E-state index >= 15 is 0 Å². The lowest BCUT2D eigenvalue weighted by Crippen LogP contribution is -2.01. The molecule has 1 aromatic rings. The Balaban J connectivity index is 3.33. The number of ether oxygens (including phenoxy) is 2. The maximum absolute atomic E-state index is 9.58. The van der Waals surface area contributed by atoms with Crippen LogP contribution in [0.5, 0.6) is 11.5 Å². The molecule has 0 fully saturated rings. The maximum Gasteiger partial charge on any atom is 0.128 e. The zero-order chi connectivity index (χ0) is 10.7. The van der Waals surface area contributed by atoms with Crippen molar-refractivity contribution in [2.45, 2.75) is 20.0 Å². The number of aliphatic hydroxyl groups excluding tert-OH is 1. The fourth-order valence-corrected chi connectivity index (χ4v) is 1.48. The minimum absolute atomic E-state index is 0.597. The van der Waals surface area contributed by atoms with Crippen molar-refractivity contribution in [3.05, 3.63) is 23.3 Å². The summed E-state index contributed by atoms with van der Waals surface area (Å²) >= 11 is 0. The van der Waals surface area contributed by atoms with E-state index in [-0.39, 0.29) is 0 Å². The molecule has 0 aliphatic rings. The summed E-state index contributed by atoms with van der Waals surface area (Å²) < 4.78 is 10.4. The van der Waals surface area contributed by atoms with Crippen molar-refractivity contribution in [3.8, 4) is 11.5 Å². The van der Waals surface area contributed by atoms with E-state index in [1.165, 1.54) is 0 Å². The first-order valence-corrected chi connectivity index (χ1v) is 4.50. The van der Waals surface area contributed by atoms with Gasteiger partial charge in [-0.25, -0.2) is 0 Å². The normalized spacial score (nSPS) is 12.4. The lowest BCUT2D eigenvalue weighted by Gasteiger charge is -2.16. The molecule has 14 heavy (non-hydrogen) atoms. The van der Waals surface area contributed by atoms with E-state index in [1.807, 2.05) is 19.1 Å². The Kier molecular flexibility index (Phi) is 3.36. The second-order valence-corrected chi connectivity index (χ2v) is 3.26. The standard InChI is InChI=1S/C11H16O3/c1-7-5-9(13-3)11(8(2)12)10(6-7)14-4/h5-6,8,12H,1-4H3/t8-/m1/s1. The number of aryl methyl sites for hydroxylation is 1. The van der Waals surface area contributed by atoms with Gasteiger partial charge in [-0.2, -0.15) is 0 Å². The molecular weight excluding hydrogens is 180 g/mol. The Labute approximate surface area is 84.3 Å². The summed E-state index contributed by atoms with van der Waals surface area (Å²) in [7, 11) is 3.17. The maximum atomic E-state index is 9.58. The van der Waals surface area contributed by atoms with E-state index < -0.39 is 6.10 Å². The van der Waals surface area contributed by atoms with Gasteiger partial charge in [-0.3, -0.25) is 0 Å². The minimum Gasteiger partial charge on any atom is -0.496 e. The second-order valence-electron chi connectivity index (χ2n) is 3.26. The first kappa shape index (κ1) is 10.9. The fraction of sp³-hybridized carbons (Fsp3) is 0.455. The molecule has 3 heteroatoms. The zero-order valence-electron chi connectivity index (χ0n) is 9.00. The van der Waals surface area contributed by atoms with Gasteiger partial charge in [0.1, 0.15) is 11.5 Å². The molecular formula is C11H16O3. The molecule has 0 bridgehead atoms. The molecule has 0 spiro atoms. The van der Waals surface area contributed by atoms with Crippen LogP contribution in [-0.2, 0) is 0 Å². The first-order valence-electron chi connectivity index (χ1n) is 4.50. The molecule has 0 aromatic heterocycles. The molecule has 1 N–H and O–H groups in total. The highest BCUT2D eigenvalue weighted by molar-refractivity contribution is 5.48. The second kappa shape index (κ2) is 4.33. The van der Waals surface area contributed by atoms with Crippen molar-refractivity contribution in [1.82, 2.24) is 0 Å². The van der Waals surface area contributed by atoms with Gasteiger partial charge in [0.05, 0.1) is 25.9 Å². The van der Waals surface area contributed by atoms with Gasteiger partial charge in [0, 0.05) is 0 Å². The van der Waals surface area contributed by atoms with Gasteiger partial charge in [-0.15, -0.1) is 0 Å². The van der Waals surface area contributed by atoms with Crippen molar-refractivity contribution >= 4 is 0 Å². The summed E-state index contributed by atoms with van der Waals surface area (Å²) in [6, 6.07) is 3.76. The molecule has 0 aliphatic carbocycles. The van der Waals surface area contributed by atoms with Gasteiger partial charge in [0.15, 0.2) is 0 Å². The Morgan fingerprint density at radius 2 is 1.57 bits per heavy atom. The van der Waals surface area contributed by atoms with Crippen LogP contribution in [0.25, 0.3) is 0 Å². The molecule has 0 saturated heterocycles. The van der Waals surface area contributed by atoms with Gasteiger partial charge in [-0.1, -0.05) is 0 Å². The van der Waals surface area contributed by atoms with E-state index in [0.717, 1.165) is 5.56 Å². The number of aliphatic hydroxyl groups is 1. The molecule has 1 aromatic carbocycles. The third kappa shape index (κ3) is 1.99. The van der Waals surface area contributed by atoms with E-state index in [1.54, 1.807) is 21.1 Å². The summed E-state index contributed by atoms with van der Waals surface area (Å²) in [5.74, 6) is 1.33. The van der Waals surface area contributed by atoms with Crippen LogP contribution in [0.1, 0.15) is 24.2 Å². The van der Waals surface area contributed by atoms with Crippen LogP contribution >= 0.6 is 0 Å². The lowest BCUT2D eigenvalue weighted by molar-refractivity contribution is 0.189. The molecule has 0 unspecified atom stereocenters. The van der Waals surface area contributed by atoms with E-state index in [4.69, 9.17) is 9.47 Å². The third-order valence-electron chi connectivity index (χ3n) is 2.11. The fourth-order valence-electron chi connectivity index (χ4n) is 1.48. The topological polar surface area (TPSA) is 38.7 Å². The molecule has 0 amide bonds. The molecule has 0 radical (unpaired) electrons. The van der Waals surface area contributed by atoms with Crippen molar-refractivity contribution in [2.75, 3.05) is 14.2 Å². The van der Waals surface area contributed by atoms with Gasteiger partial charge in [0.25, 0.3) is 0 Å². The Hall–Kier alpha value is -1.22. The minimum atomic E-state index is -0.597. The molecule has 3 nitrogen and oxygen atoms in total. The SMILES string of the molecule is COc1cc(C)cc(OC)c1[C@@H](C)O. The number of hydrogen-bond acceptors (Lipinski definition) is 3. The largest absolute Gasteiger partial charge is 0.496 e. The summed E-state index contributed by atoms with van der Waals surface area (Å²) in [6.07, 6.45) is -0.597. The summed E-state index contributed by atoms with van der Waals surface area (Å²) in [5.41, 5.74) is 1.74. The highest BCUT2D eigenvalue weighted by Crippen LogP contribution is 2.35. The molecule has 1 rings (SSSR count). The van der Waals surface area contributed by atoms with E-state index in [2.05, 4.69) is 0 Å².